The number of amides is 2. The number of halogens is 1. The molecule has 0 unspecified atom stereocenters. The first kappa shape index (κ1) is 14.7. The van der Waals surface area contributed by atoms with Crippen molar-refractivity contribution in [3.63, 3.8) is 0 Å². The fourth-order valence-electron chi connectivity index (χ4n) is 1.85. The quantitative estimate of drug-likeness (QED) is 0.608. The van der Waals surface area contributed by atoms with Gasteiger partial charge in [-0.1, -0.05) is 11.6 Å². The third-order valence-corrected chi connectivity index (χ3v) is 3.24. The molecule has 2 amide bonds. The van der Waals surface area contributed by atoms with Crippen LogP contribution in [0, 0.1) is 0 Å². The molecule has 1 aliphatic carbocycles. The average Bonchev–Trinajstić information content (AvgIpc) is 2.48. The van der Waals surface area contributed by atoms with Crippen LogP contribution in [0.3, 0.4) is 0 Å². The van der Waals surface area contributed by atoms with Gasteiger partial charge in [0.25, 0.3) is 11.8 Å². The number of hydrogen-bond acceptors (Lipinski definition) is 6. The number of pyridine rings is 1. The molecule has 0 aliphatic heterocycles. The summed E-state index contributed by atoms with van der Waals surface area (Å²) < 4.78 is 0. The van der Waals surface area contributed by atoms with Gasteiger partial charge < -0.3 is 16.8 Å². The zero-order valence-electron chi connectivity index (χ0n) is 10.7. The summed E-state index contributed by atoms with van der Waals surface area (Å²) >= 11 is 5.67. The molecule has 5 N–H and O–H groups in total. The van der Waals surface area contributed by atoms with E-state index in [9.17, 15) is 19.2 Å². The number of carbonyl (C=O) groups excluding carboxylic acids is 4. The predicted octanol–water partition coefficient (Wildman–Crippen LogP) is -0.828. The Balaban J connectivity index is 2.90. The van der Waals surface area contributed by atoms with Gasteiger partial charge in [-0.3, -0.25) is 19.2 Å². The Bertz CT molecular complexity index is 754. The molecule has 2 rings (SSSR count). The lowest BCUT2D eigenvalue weighted by Gasteiger charge is -2.18. The maximum absolute atomic E-state index is 12.0. The molecule has 0 saturated carbocycles. The number of primary amides is 1. The second kappa shape index (κ2) is 4.98. The van der Waals surface area contributed by atoms with Crippen LogP contribution in [0.1, 0.15) is 36.9 Å². The van der Waals surface area contributed by atoms with Gasteiger partial charge in [0, 0.05) is 7.05 Å². The Labute approximate surface area is 123 Å². The van der Waals surface area contributed by atoms with Crippen molar-refractivity contribution in [2.24, 2.45) is 11.5 Å². The highest BCUT2D eigenvalue weighted by atomic mass is 35.5. The normalized spacial score (nSPS) is 14.0. The Morgan fingerprint density at radius 3 is 2.43 bits per heavy atom. The van der Waals surface area contributed by atoms with E-state index in [4.69, 9.17) is 23.1 Å². The molecule has 0 bridgehead atoms. The molecule has 21 heavy (non-hydrogen) atoms. The minimum atomic E-state index is -1.04. The number of fused-ring (bicyclic) bond motifs is 1. The van der Waals surface area contributed by atoms with E-state index < -0.39 is 28.4 Å². The second-order valence-corrected chi connectivity index (χ2v) is 4.49. The van der Waals surface area contributed by atoms with Crippen LogP contribution in [-0.4, -0.2) is 35.4 Å². The first-order valence-electron chi connectivity index (χ1n) is 5.61. The molecule has 1 heterocycles. The number of ketones is 2. The van der Waals surface area contributed by atoms with E-state index in [0.29, 0.717) is 0 Å². The predicted molar refractivity (Wildman–Crippen MR) is 72.4 cm³/mol. The maximum Gasteiger partial charge on any atom is 0.267 e. The van der Waals surface area contributed by atoms with Crippen LogP contribution in [-0.2, 0) is 4.79 Å². The smallest absolute Gasteiger partial charge is 0.267 e. The van der Waals surface area contributed by atoms with Crippen molar-refractivity contribution in [3.8, 4) is 0 Å². The van der Waals surface area contributed by atoms with Gasteiger partial charge in [-0.25, -0.2) is 4.98 Å². The van der Waals surface area contributed by atoms with Gasteiger partial charge in [-0.15, -0.1) is 0 Å². The topological polar surface area (TPSA) is 145 Å². The van der Waals surface area contributed by atoms with Crippen LogP contribution in [0.15, 0.2) is 11.1 Å². The van der Waals surface area contributed by atoms with Gasteiger partial charge in [-0.05, 0) is 6.07 Å². The van der Waals surface area contributed by atoms with E-state index in [1.54, 1.807) is 0 Å². The number of nitrogens with two attached hydrogens (primary N) is 2. The summed E-state index contributed by atoms with van der Waals surface area (Å²) in [5, 5.41) is 1.78. The number of rotatable bonds is 2. The highest BCUT2D eigenvalue weighted by molar-refractivity contribution is 6.64. The van der Waals surface area contributed by atoms with Gasteiger partial charge in [0.15, 0.2) is 0 Å². The molecule has 9 heteroatoms. The van der Waals surface area contributed by atoms with E-state index >= 15 is 0 Å². The lowest BCUT2D eigenvalue weighted by Crippen LogP contribution is -2.31. The molecule has 0 spiro atoms. The lowest BCUT2D eigenvalue weighted by atomic mass is 9.91. The molecule has 0 fully saturated rings. The van der Waals surface area contributed by atoms with Crippen LogP contribution in [0.25, 0.3) is 5.70 Å². The van der Waals surface area contributed by atoms with E-state index in [1.807, 2.05) is 0 Å². The zero-order chi connectivity index (χ0) is 15.9. The van der Waals surface area contributed by atoms with Crippen molar-refractivity contribution >= 4 is 40.7 Å². The molecule has 1 aliphatic rings. The largest absolute Gasteiger partial charge is 0.396 e. The standard InChI is InChI=1S/C12H9ClN4O4/c1-16-12(21)3-2-4(11(15)20)17-8-5(3)9(18)10(19)6(13)7(8)14/h2H,14H2,1H3,(H2,15,20)(H,16,21). The molecule has 0 radical (unpaired) electrons. The number of aromatic nitrogens is 1. The molecule has 108 valence electrons. The SMILES string of the molecule is CNC(=O)c1cc(C(N)=O)nc2c1C(=O)C(=O)C(Cl)=C2N. The first-order valence-corrected chi connectivity index (χ1v) is 5.99. The van der Waals surface area contributed by atoms with E-state index in [1.165, 1.54) is 7.05 Å². The monoisotopic (exact) mass is 308 g/mol. The fourth-order valence-corrected chi connectivity index (χ4v) is 2.02. The summed E-state index contributed by atoms with van der Waals surface area (Å²) in [6.07, 6.45) is 0. The van der Waals surface area contributed by atoms with Crippen molar-refractivity contribution in [2.75, 3.05) is 7.05 Å². The molecule has 1 aromatic rings. The highest BCUT2D eigenvalue weighted by Gasteiger charge is 2.36. The Kier molecular flexibility index (Phi) is 3.48. The Morgan fingerprint density at radius 2 is 1.90 bits per heavy atom. The minimum Gasteiger partial charge on any atom is -0.396 e. The molecular formula is C12H9ClN4O4. The zero-order valence-corrected chi connectivity index (χ0v) is 11.4. The van der Waals surface area contributed by atoms with Gasteiger partial charge in [0.05, 0.1) is 16.8 Å². The number of carbonyl (C=O) groups is 4. The molecule has 0 aromatic carbocycles. The second-order valence-electron chi connectivity index (χ2n) is 4.11. The van der Waals surface area contributed by atoms with Crippen LogP contribution in [0.5, 0.6) is 0 Å². The summed E-state index contributed by atoms with van der Waals surface area (Å²) in [5.41, 5.74) is 9.48. The molecule has 8 nitrogen and oxygen atoms in total. The van der Waals surface area contributed by atoms with E-state index in [0.717, 1.165) is 6.07 Å². The number of Topliss-reactive ketones (excluding diaryl/α,β-unsaturated/α-hetero) is 2. The lowest BCUT2D eigenvalue weighted by molar-refractivity contribution is -0.111. The summed E-state index contributed by atoms with van der Waals surface area (Å²) in [6, 6.07) is 1.03. The third-order valence-electron chi connectivity index (χ3n) is 2.87. The van der Waals surface area contributed by atoms with E-state index in [2.05, 4.69) is 10.3 Å². The van der Waals surface area contributed by atoms with Crippen molar-refractivity contribution < 1.29 is 19.2 Å². The Hall–Kier alpha value is -2.74. The van der Waals surface area contributed by atoms with Gasteiger partial charge in [0.1, 0.15) is 16.4 Å². The molecule has 1 aromatic heterocycles. The summed E-state index contributed by atoms with van der Waals surface area (Å²) in [7, 11) is 1.32. The number of nitrogens with zero attached hydrogens (tertiary/aromatic N) is 1. The molecule has 0 saturated heterocycles. The van der Waals surface area contributed by atoms with Crippen LogP contribution in [0.2, 0.25) is 0 Å². The van der Waals surface area contributed by atoms with Crippen molar-refractivity contribution in [1.82, 2.24) is 10.3 Å². The van der Waals surface area contributed by atoms with Crippen molar-refractivity contribution in [2.45, 2.75) is 0 Å². The third kappa shape index (κ3) is 2.15. The molecular weight excluding hydrogens is 300 g/mol. The van der Waals surface area contributed by atoms with Gasteiger partial charge in [-0.2, -0.15) is 0 Å². The van der Waals surface area contributed by atoms with Crippen LogP contribution in [0.4, 0.5) is 0 Å². The van der Waals surface area contributed by atoms with Gasteiger partial charge >= 0.3 is 0 Å². The summed E-state index contributed by atoms with van der Waals surface area (Å²) in [4.78, 5) is 50.7. The van der Waals surface area contributed by atoms with E-state index in [-0.39, 0.29) is 28.2 Å². The van der Waals surface area contributed by atoms with Crippen LogP contribution >= 0.6 is 11.6 Å². The van der Waals surface area contributed by atoms with Crippen molar-refractivity contribution in [1.29, 1.82) is 0 Å². The van der Waals surface area contributed by atoms with Crippen molar-refractivity contribution in [3.05, 3.63) is 33.6 Å². The van der Waals surface area contributed by atoms with Crippen LogP contribution < -0.4 is 16.8 Å². The maximum atomic E-state index is 12.0. The van der Waals surface area contributed by atoms with Gasteiger partial charge in [0.2, 0.25) is 11.6 Å². The summed E-state index contributed by atoms with van der Waals surface area (Å²) in [6.45, 7) is 0. The number of hydrogen-bond donors (Lipinski definition) is 3. The average molecular weight is 309 g/mol. The molecule has 0 atom stereocenters. The number of allylic oxidation sites excluding steroid dienone is 1. The number of nitrogens with one attached hydrogen (secondary N) is 1. The minimum absolute atomic E-state index is 0.209. The first-order chi connectivity index (χ1) is 9.79. The highest BCUT2D eigenvalue weighted by Crippen LogP contribution is 2.29. The summed E-state index contributed by atoms with van der Waals surface area (Å²) in [5.74, 6) is -3.67. The fraction of sp³-hybridized carbons (Fsp3) is 0.0833. The Morgan fingerprint density at radius 1 is 1.29 bits per heavy atom.